The van der Waals surface area contributed by atoms with Gasteiger partial charge in [-0.2, -0.15) is 0 Å². The van der Waals surface area contributed by atoms with Crippen molar-refractivity contribution in [1.82, 2.24) is 0 Å². The van der Waals surface area contributed by atoms with E-state index in [1.165, 1.54) is 0 Å². The fourth-order valence-corrected chi connectivity index (χ4v) is 5.93. The maximum atomic E-state index is 10.2. The number of fused-ring (bicyclic) bond motifs is 5. The van der Waals surface area contributed by atoms with Gasteiger partial charge < -0.3 is 9.52 Å². The fourth-order valence-electron chi connectivity index (χ4n) is 5.93. The number of furan rings is 1. The lowest BCUT2D eigenvalue weighted by Crippen LogP contribution is -1.91. The minimum atomic E-state index is -0.930. The Bertz CT molecular complexity index is 3260. The molecule has 9 aromatic rings. The summed E-state index contributed by atoms with van der Waals surface area (Å²) < 4.78 is 132. The van der Waals surface area contributed by atoms with Crippen molar-refractivity contribution in [3.05, 3.63) is 163 Å². The lowest BCUT2D eigenvalue weighted by molar-refractivity contribution is 0.475. The van der Waals surface area contributed by atoms with Gasteiger partial charge in [0, 0.05) is 10.8 Å². The van der Waals surface area contributed by atoms with E-state index < -0.39 is 71.3 Å². The van der Waals surface area contributed by atoms with Gasteiger partial charge >= 0.3 is 0 Å². The minimum Gasteiger partial charge on any atom is -0.508 e. The Morgan fingerprint density at radius 2 is 0.783 bits per heavy atom. The van der Waals surface area contributed by atoms with Crippen LogP contribution >= 0.6 is 0 Å². The van der Waals surface area contributed by atoms with Crippen LogP contribution in [0.5, 0.6) is 5.75 Å². The predicted octanol–water partition coefficient (Wildman–Crippen LogP) is 12.3. The second-order valence-corrected chi connectivity index (χ2v) is 10.7. The van der Waals surface area contributed by atoms with Crippen LogP contribution < -0.4 is 0 Å². The Labute approximate surface area is 286 Å². The number of phenolic OH excluding ortho intramolecular Hbond substituents is 1. The largest absolute Gasteiger partial charge is 0.508 e. The molecule has 2 heteroatoms. The van der Waals surface area contributed by atoms with Gasteiger partial charge in [0.2, 0.25) is 0 Å². The topological polar surface area (TPSA) is 33.4 Å². The molecule has 0 radical (unpaired) electrons. The number of hydrogen-bond acceptors (Lipinski definition) is 2. The summed E-state index contributed by atoms with van der Waals surface area (Å²) in [5, 5.41) is 11.7. The standard InChI is InChI=1S/C44H28O2/c45-34-22-18-30(19-23-34)32-20-24-41-39(26-32)40-27-33(21-25-42(40)46-41)44-37-12-6-4-10-35(37)43(36-11-5-7-13-38(36)44)31-16-14-29(15-17-31)28-8-2-1-3-9-28/h1-27,45H/i14D,15D,16D,17D,18D,19D,20D,21D,22D,23D,24D,25D,26D,27D. The lowest BCUT2D eigenvalue weighted by Gasteiger charge is -2.18. The quantitative estimate of drug-likeness (QED) is 0.203. The van der Waals surface area contributed by atoms with E-state index in [0.717, 1.165) is 0 Å². The van der Waals surface area contributed by atoms with Gasteiger partial charge in [0.05, 0.1) is 19.2 Å². The molecule has 1 heterocycles. The van der Waals surface area contributed by atoms with Crippen LogP contribution in [0.15, 0.2) is 168 Å². The molecule has 9 rings (SSSR count). The second kappa shape index (κ2) is 10.5. The molecule has 2 nitrogen and oxygen atoms in total. The Balaban J connectivity index is 1.41. The van der Waals surface area contributed by atoms with Crippen molar-refractivity contribution in [2.24, 2.45) is 0 Å². The summed E-state index contributed by atoms with van der Waals surface area (Å²) in [6.07, 6.45) is 0. The molecule has 216 valence electrons. The van der Waals surface area contributed by atoms with Gasteiger partial charge in [-0.1, -0.05) is 127 Å². The molecule has 8 aromatic carbocycles. The van der Waals surface area contributed by atoms with Crippen molar-refractivity contribution in [3.63, 3.8) is 0 Å². The molecule has 0 aliphatic carbocycles. The van der Waals surface area contributed by atoms with E-state index >= 15 is 0 Å². The normalized spacial score (nSPS) is 15.8. The summed E-state index contributed by atoms with van der Waals surface area (Å²) in [5.41, 5.74) is -0.326. The number of aromatic hydroxyl groups is 1. The van der Waals surface area contributed by atoms with Crippen LogP contribution in [0, 0.1) is 0 Å². The smallest absolute Gasteiger partial charge is 0.135 e. The fraction of sp³-hybridized carbons (Fsp3) is 0. The number of hydrogen-bond donors (Lipinski definition) is 1. The molecule has 46 heavy (non-hydrogen) atoms. The van der Waals surface area contributed by atoms with Gasteiger partial charge in [0.1, 0.15) is 16.9 Å². The molecule has 1 aromatic heterocycles. The van der Waals surface area contributed by atoms with Crippen LogP contribution in [0.1, 0.15) is 19.2 Å². The van der Waals surface area contributed by atoms with Crippen LogP contribution in [0.25, 0.3) is 88.0 Å². The summed E-state index contributed by atoms with van der Waals surface area (Å²) in [4.78, 5) is 0. The van der Waals surface area contributed by atoms with Crippen LogP contribution in [-0.2, 0) is 0 Å². The van der Waals surface area contributed by atoms with Gasteiger partial charge in [-0.15, -0.1) is 0 Å². The zero-order chi connectivity index (χ0) is 42.8. The van der Waals surface area contributed by atoms with E-state index in [1.54, 1.807) is 78.9 Å². The van der Waals surface area contributed by atoms with Crippen molar-refractivity contribution in [2.75, 3.05) is 0 Å². The highest BCUT2D eigenvalue weighted by Gasteiger charge is 2.18. The third kappa shape index (κ3) is 4.27. The molecular formula is C44H28O2. The molecule has 0 aliphatic rings. The minimum absolute atomic E-state index is 0.0438. The maximum Gasteiger partial charge on any atom is 0.135 e. The third-order valence-corrected chi connectivity index (χ3v) is 7.99. The van der Waals surface area contributed by atoms with Crippen LogP contribution in [0.3, 0.4) is 0 Å². The van der Waals surface area contributed by atoms with Crippen LogP contribution in [0.4, 0.5) is 0 Å². The molecule has 0 amide bonds. The maximum absolute atomic E-state index is 10.2. The van der Waals surface area contributed by atoms with Gasteiger partial charge in [-0.25, -0.2) is 0 Å². The van der Waals surface area contributed by atoms with Gasteiger partial charge in [0.15, 0.2) is 0 Å². The Kier molecular flexibility index (Phi) is 3.59. The molecule has 0 aliphatic heterocycles. The van der Waals surface area contributed by atoms with Gasteiger partial charge in [-0.05, 0) is 102 Å². The molecule has 0 atom stereocenters. The van der Waals surface area contributed by atoms with Crippen molar-refractivity contribution >= 4 is 43.5 Å². The molecule has 0 spiro atoms. The first-order valence-corrected chi connectivity index (χ1v) is 14.4. The Morgan fingerprint density at radius 1 is 0.370 bits per heavy atom. The van der Waals surface area contributed by atoms with Crippen LogP contribution in [0.2, 0.25) is 0 Å². The SMILES string of the molecule is [2H]c1c([2H])c(-c2c([2H])c([2H])c3oc4c([2H])c([2H])c(-c5c6ccccc6c(-c6c([2H])c([2H])c(-c7ccccc7)c([2H])c6[2H])c6ccccc56)c([2H])c4c3c2[2H])c([2H])c([2H])c1O. The van der Waals surface area contributed by atoms with E-state index in [0.29, 0.717) is 38.2 Å². The van der Waals surface area contributed by atoms with Gasteiger partial charge in [-0.3, -0.25) is 0 Å². The monoisotopic (exact) mass is 602 g/mol. The summed E-state index contributed by atoms with van der Waals surface area (Å²) in [5.74, 6) is -0.930. The molecule has 0 unspecified atom stereocenters. The molecular weight excluding hydrogens is 560 g/mol. The first-order valence-electron chi connectivity index (χ1n) is 21.4. The lowest BCUT2D eigenvalue weighted by atomic mass is 9.85. The summed E-state index contributed by atoms with van der Waals surface area (Å²) in [7, 11) is 0. The highest BCUT2D eigenvalue weighted by atomic mass is 16.3. The summed E-state index contributed by atoms with van der Waals surface area (Å²) in [6.45, 7) is 0. The van der Waals surface area contributed by atoms with E-state index in [1.807, 2.05) is 0 Å². The number of rotatable bonds is 4. The highest BCUT2D eigenvalue weighted by Crippen LogP contribution is 2.45. The van der Waals surface area contributed by atoms with Gasteiger partial charge in [0.25, 0.3) is 0 Å². The number of benzene rings is 8. The second-order valence-electron chi connectivity index (χ2n) is 10.7. The zero-order valence-corrected chi connectivity index (χ0v) is 23.9. The van der Waals surface area contributed by atoms with E-state index in [2.05, 4.69) is 0 Å². The molecule has 0 bridgehead atoms. The van der Waals surface area contributed by atoms with Crippen molar-refractivity contribution in [3.8, 4) is 50.3 Å². The molecule has 1 N–H and O–H groups in total. The van der Waals surface area contributed by atoms with Crippen LogP contribution in [-0.4, -0.2) is 5.11 Å². The zero-order valence-electron chi connectivity index (χ0n) is 37.9. The van der Waals surface area contributed by atoms with Crippen molar-refractivity contribution in [1.29, 1.82) is 0 Å². The Hall–Kier alpha value is -6.12. The average Bonchev–Trinajstić information content (AvgIpc) is 3.67. The molecule has 0 saturated heterocycles. The van der Waals surface area contributed by atoms with E-state index in [4.69, 9.17) is 15.4 Å². The van der Waals surface area contributed by atoms with Crippen molar-refractivity contribution < 1.29 is 28.7 Å². The summed E-state index contributed by atoms with van der Waals surface area (Å²) in [6, 6.07) is 15.3. The first kappa shape index (κ1) is 15.7. The summed E-state index contributed by atoms with van der Waals surface area (Å²) >= 11 is 0. The van der Waals surface area contributed by atoms with E-state index in [9.17, 15) is 13.3 Å². The highest BCUT2D eigenvalue weighted by molar-refractivity contribution is 6.22. The number of phenols is 1. The Morgan fingerprint density at radius 3 is 1.37 bits per heavy atom. The molecule has 0 saturated carbocycles. The van der Waals surface area contributed by atoms with Crippen molar-refractivity contribution in [2.45, 2.75) is 0 Å². The third-order valence-electron chi connectivity index (χ3n) is 7.99. The predicted molar refractivity (Wildman–Crippen MR) is 192 cm³/mol. The molecule has 0 fully saturated rings. The average molecular weight is 603 g/mol. The van der Waals surface area contributed by atoms with E-state index in [-0.39, 0.29) is 68.8 Å². The first-order chi connectivity index (χ1) is 28.6.